The Labute approximate surface area is 122 Å². The van der Waals surface area contributed by atoms with Crippen LogP contribution in [0.2, 0.25) is 10.3 Å². The van der Waals surface area contributed by atoms with E-state index in [1.54, 1.807) is 0 Å². The molecule has 1 heterocycles. The lowest BCUT2D eigenvalue weighted by Crippen LogP contribution is -2.43. The van der Waals surface area contributed by atoms with Gasteiger partial charge in [0.1, 0.15) is 10.8 Å². The largest absolute Gasteiger partial charge is 0.364 e. The Balaban J connectivity index is 2.11. The number of hydrogen-bond acceptors (Lipinski definition) is 5. The Kier molecular flexibility index (Phi) is 4.50. The number of halogens is 2. The van der Waals surface area contributed by atoms with Gasteiger partial charge in [0.15, 0.2) is 0 Å². The highest BCUT2D eigenvalue weighted by Crippen LogP contribution is 2.26. The standard InChI is InChI=1S/C10H14Cl2N4O2S/c1-19(17,18)16-8-4-2-3-7(8)14-9-6(11)5-13-10(12)15-9/h5,7-8,16H,2-4H2,1H3,(H,13,14,15). The van der Waals surface area contributed by atoms with Gasteiger partial charge in [-0.3, -0.25) is 0 Å². The highest BCUT2D eigenvalue weighted by molar-refractivity contribution is 7.88. The molecule has 0 amide bonds. The van der Waals surface area contributed by atoms with Gasteiger partial charge in [-0.05, 0) is 30.9 Å². The van der Waals surface area contributed by atoms with Crippen LogP contribution >= 0.6 is 23.2 Å². The molecule has 0 bridgehead atoms. The molecule has 1 aromatic rings. The molecule has 0 saturated heterocycles. The van der Waals surface area contributed by atoms with E-state index in [1.165, 1.54) is 6.20 Å². The first kappa shape index (κ1) is 14.8. The molecule has 106 valence electrons. The van der Waals surface area contributed by atoms with Gasteiger partial charge in [-0.25, -0.2) is 18.1 Å². The van der Waals surface area contributed by atoms with Crippen molar-refractivity contribution in [3.8, 4) is 0 Å². The second-order valence-corrected chi connectivity index (χ2v) is 7.04. The van der Waals surface area contributed by atoms with Gasteiger partial charge in [0.25, 0.3) is 0 Å². The van der Waals surface area contributed by atoms with Crippen LogP contribution in [-0.2, 0) is 10.0 Å². The second kappa shape index (κ2) is 5.78. The molecule has 2 atom stereocenters. The molecule has 0 aliphatic heterocycles. The maximum atomic E-state index is 11.3. The van der Waals surface area contributed by atoms with Crippen molar-refractivity contribution in [1.29, 1.82) is 0 Å². The summed E-state index contributed by atoms with van der Waals surface area (Å²) in [6.07, 6.45) is 5.11. The highest BCUT2D eigenvalue weighted by Gasteiger charge is 2.30. The number of rotatable bonds is 4. The zero-order chi connectivity index (χ0) is 14.0. The molecular formula is C10H14Cl2N4O2S. The van der Waals surface area contributed by atoms with Gasteiger partial charge < -0.3 is 5.32 Å². The minimum absolute atomic E-state index is 0.0572. The lowest BCUT2D eigenvalue weighted by atomic mass is 10.2. The fourth-order valence-electron chi connectivity index (χ4n) is 2.17. The second-order valence-electron chi connectivity index (χ2n) is 4.51. The summed E-state index contributed by atoms with van der Waals surface area (Å²) < 4.78 is 25.2. The Hall–Kier alpha value is -0.630. The van der Waals surface area contributed by atoms with Crippen LogP contribution in [0, 0.1) is 0 Å². The number of anilines is 1. The van der Waals surface area contributed by atoms with Crippen LogP contribution in [-0.4, -0.2) is 36.7 Å². The van der Waals surface area contributed by atoms with Crippen LogP contribution < -0.4 is 10.0 Å². The molecule has 2 unspecified atom stereocenters. The molecule has 0 radical (unpaired) electrons. The number of nitrogens with zero attached hydrogens (tertiary/aromatic N) is 2. The van der Waals surface area contributed by atoms with Crippen LogP contribution in [0.25, 0.3) is 0 Å². The monoisotopic (exact) mass is 324 g/mol. The molecule has 19 heavy (non-hydrogen) atoms. The fourth-order valence-corrected chi connectivity index (χ4v) is 3.28. The minimum Gasteiger partial charge on any atom is -0.364 e. The van der Waals surface area contributed by atoms with E-state index in [0.29, 0.717) is 10.8 Å². The van der Waals surface area contributed by atoms with Gasteiger partial charge in [-0.15, -0.1) is 0 Å². The van der Waals surface area contributed by atoms with E-state index in [0.717, 1.165) is 25.5 Å². The predicted octanol–water partition coefficient (Wildman–Crippen LogP) is 1.67. The van der Waals surface area contributed by atoms with Crippen molar-refractivity contribution in [1.82, 2.24) is 14.7 Å². The Morgan fingerprint density at radius 2 is 2.00 bits per heavy atom. The lowest BCUT2D eigenvalue weighted by Gasteiger charge is -2.22. The molecular weight excluding hydrogens is 311 g/mol. The van der Waals surface area contributed by atoms with E-state index in [4.69, 9.17) is 23.2 Å². The van der Waals surface area contributed by atoms with Gasteiger partial charge in [-0.2, -0.15) is 4.98 Å². The first-order chi connectivity index (χ1) is 8.85. The summed E-state index contributed by atoms with van der Waals surface area (Å²) in [5.74, 6) is 0.425. The van der Waals surface area contributed by atoms with E-state index in [1.807, 2.05) is 0 Å². The summed E-state index contributed by atoms with van der Waals surface area (Å²) in [6.45, 7) is 0. The molecule has 1 saturated carbocycles. The van der Waals surface area contributed by atoms with Gasteiger partial charge in [0.05, 0.1) is 12.5 Å². The maximum Gasteiger partial charge on any atom is 0.224 e. The average Bonchev–Trinajstić information content (AvgIpc) is 2.69. The summed E-state index contributed by atoms with van der Waals surface area (Å²) in [4.78, 5) is 7.76. The quantitative estimate of drug-likeness (QED) is 0.823. The number of sulfonamides is 1. The third kappa shape index (κ3) is 4.17. The van der Waals surface area contributed by atoms with Crippen molar-refractivity contribution in [2.45, 2.75) is 31.3 Å². The summed E-state index contributed by atoms with van der Waals surface area (Å²) in [7, 11) is -3.23. The number of aromatic nitrogens is 2. The molecule has 2 N–H and O–H groups in total. The molecule has 0 spiro atoms. The zero-order valence-corrected chi connectivity index (χ0v) is 12.6. The van der Waals surface area contributed by atoms with Crippen molar-refractivity contribution in [2.24, 2.45) is 0 Å². The Bertz CT molecular complexity index is 567. The molecule has 0 aromatic carbocycles. The van der Waals surface area contributed by atoms with E-state index in [-0.39, 0.29) is 17.4 Å². The van der Waals surface area contributed by atoms with Crippen molar-refractivity contribution in [2.75, 3.05) is 11.6 Å². The van der Waals surface area contributed by atoms with Crippen molar-refractivity contribution >= 4 is 39.0 Å². The van der Waals surface area contributed by atoms with Crippen molar-refractivity contribution < 1.29 is 8.42 Å². The molecule has 9 heteroatoms. The van der Waals surface area contributed by atoms with E-state index < -0.39 is 10.0 Å². The SMILES string of the molecule is CS(=O)(=O)NC1CCCC1Nc1nc(Cl)ncc1Cl. The molecule has 1 aliphatic rings. The van der Waals surface area contributed by atoms with Crippen LogP contribution in [0.15, 0.2) is 6.20 Å². The van der Waals surface area contributed by atoms with Crippen LogP contribution in [0.1, 0.15) is 19.3 Å². The fraction of sp³-hybridized carbons (Fsp3) is 0.600. The average molecular weight is 325 g/mol. The molecule has 1 fully saturated rings. The molecule has 2 rings (SSSR count). The van der Waals surface area contributed by atoms with Crippen LogP contribution in [0.5, 0.6) is 0 Å². The summed E-state index contributed by atoms with van der Waals surface area (Å²) in [6, 6.07) is -0.224. The summed E-state index contributed by atoms with van der Waals surface area (Å²) in [5.41, 5.74) is 0. The molecule has 1 aliphatic carbocycles. The zero-order valence-electron chi connectivity index (χ0n) is 10.2. The first-order valence-electron chi connectivity index (χ1n) is 5.77. The highest BCUT2D eigenvalue weighted by atomic mass is 35.5. The van der Waals surface area contributed by atoms with Gasteiger partial charge >= 0.3 is 0 Å². The molecule has 1 aromatic heterocycles. The van der Waals surface area contributed by atoms with Gasteiger partial charge in [0, 0.05) is 12.1 Å². The van der Waals surface area contributed by atoms with Gasteiger partial charge in [-0.1, -0.05) is 11.6 Å². The van der Waals surface area contributed by atoms with Crippen molar-refractivity contribution in [3.63, 3.8) is 0 Å². The third-order valence-electron chi connectivity index (χ3n) is 2.92. The minimum atomic E-state index is -3.23. The van der Waals surface area contributed by atoms with E-state index in [2.05, 4.69) is 20.0 Å². The van der Waals surface area contributed by atoms with Crippen LogP contribution in [0.4, 0.5) is 5.82 Å². The van der Waals surface area contributed by atoms with E-state index in [9.17, 15) is 8.42 Å². The predicted molar refractivity (Wildman–Crippen MR) is 75.1 cm³/mol. The van der Waals surface area contributed by atoms with Gasteiger partial charge in [0.2, 0.25) is 15.3 Å². The van der Waals surface area contributed by atoms with Crippen LogP contribution in [0.3, 0.4) is 0 Å². The van der Waals surface area contributed by atoms with E-state index >= 15 is 0 Å². The first-order valence-corrected chi connectivity index (χ1v) is 8.42. The lowest BCUT2D eigenvalue weighted by molar-refractivity contribution is 0.539. The summed E-state index contributed by atoms with van der Waals surface area (Å²) >= 11 is 11.7. The van der Waals surface area contributed by atoms with Crippen molar-refractivity contribution in [3.05, 3.63) is 16.5 Å². The Morgan fingerprint density at radius 1 is 1.32 bits per heavy atom. The summed E-state index contributed by atoms with van der Waals surface area (Å²) in [5, 5.41) is 3.58. The maximum absolute atomic E-state index is 11.3. The third-order valence-corrected chi connectivity index (χ3v) is 4.11. The topological polar surface area (TPSA) is 84.0 Å². The normalized spacial score (nSPS) is 23.5. The smallest absolute Gasteiger partial charge is 0.224 e. The number of nitrogens with one attached hydrogen (secondary N) is 2. The number of hydrogen-bond donors (Lipinski definition) is 2. The molecule has 6 nitrogen and oxygen atoms in total. The Morgan fingerprint density at radius 3 is 2.68 bits per heavy atom.